The lowest BCUT2D eigenvalue weighted by molar-refractivity contribution is -0.115. The number of nitrogens with one attached hydrogen (secondary N) is 1. The van der Waals surface area contributed by atoms with Crippen LogP contribution >= 0.6 is 0 Å². The summed E-state index contributed by atoms with van der Waals surface area (Å²) >= 11 is 0. The first-order chi connectivity index (χ1) is 10.1. The van der Waals surface area contributed by atoms with E-state index in [9.17, 15) is 9.18 Å². The lowest BCUT2D eigenvalue weighted by Crippen LogP contribution is -2.46. The standard InChI is InChI=1S/C15H19FN4O/c1-2-19-7-9-20(10-8-19)14-4-3-12(11-13(14)16)18-15(21)5-6-17/h3-4,11H,2,5,7-10H2,1H3,(H,18,21). The van der Waals surface area contributed by atoms with Crippen LogP contribution in [0.3, 0.4) is 0 Å². The molecule has 0 atom stereocenters. The Morgan fingerprint density at radius 1 is 1.38 bits per heavy atom. The zero-order valence-electron chi connectivity index (χ0n) is 12.1. The van der Waals surface area contributed by atoms with Crippen LogP contribution in [0.4, 0.5) is 15.8 Å². The Hall–Kier alpha value is -2.13. The largest absolute Gasteiger partial charge is 0.367 e. The summed E-state index contributed by atoms with van der Waals surface area (Å²) in [4.78, 5) is 15.6. The van der Waals surface area contributed by atoms with Gasteiger partial charge in [0.25, 0.3) is 0 Å². The number of anilines is 2. The molecule has 0 unspecified atom stereocenters. The zero-order valence-corrected chi connectivity index (χ0v) is 12.1. The molecule has 0 radical (unpaired) electrons. The molecule has 0 saturated carbocycles. The molecule has 0 aromatic heterocycles. The van der Waals surface area contributed by atoms with Crippen molar-refractivity contribution in [2.24, 2.45) is 0 Å². The van der Waals surface area contributed by atoms with Crippen LogP contribution in [0, 0.1) is 17.1 Å². The third kappa shape index (κ3) is 3.92. The van der Waals surface area contributed by atoms with E-state index in [4.69, 9.17) is 5.26 Å². The zero-order chi connectivity index (χ0) is 15.2. The molecule has 2 rings (SSSR count). The van der Waals surface area contributed by atoms with E-state index in [1.54, 1.807) is 18.2 Å². The van der Waals surface area contributed by atoms with E-state index in [0.717, 1.165) is 32.7 Å². The van der Waals surface area contributed by atoms with Crippen LogP contribution in [0.25, 0.3) is 0 Å². The minimum Gasteiger partial charge on any atom is -0.367 e. The highest BCUT2D eigenvalue weighted by atomic mass is 19.1. The van der Waals surface area contributed by atoms with Crippen LogP contribution in [0.1, 0.15) is 13.3 Å². The van der Waals surface area contributed by atoms with Crippen LogP contribution < -0.4 is 10.2 Å². The third-order valence-electron chi connectivity index (χ3n) is 3.63. The SMILES string of the molecule is CCN1CCN(c2ccc(NC(=O)CC#N)cc2F)CC1. The fourth-order valence-electron chi connectivity index (χ4n) is 2.42. The Morgan fingerprint density at radius 3 is 2.67 bits per heavy atom. The van der Waals surface area contributed by atoms with Crippen molar-refractivity contribution in [2.75, 3.05) is 42.9 Å². The minimum atomic E-state index is -0.429. The fourth-order valence-corrected chi connectivity index (χ4v) is 2.42. The van der Waals surface area contributed by atoms with Gasteiger partial charge in [-0.3, -0.25) is 4.79 Å². The molecule has 1 aromatic carbocycles. The molecule has 1 aromatic rings. The van der Waals surface area contributed by atoms with Gasteiger partial charge in [0.05, 0.1) is 11.8 Å². The minimum absolute atomic E-state index is 0.234. The Balaban J connectivity index is 2.03. The molecule has 0 bridgehead atoms. The van der Waals surface area contributed by atoms with Crippen molar-refractivity contribution < 1.29 is 9.18 Å². The first-order valence-electron chi connectivity index (χ1n) is 7.07. The summed E-state index contributed by atoms with van der Waals surface area (Å²) in [5, 5.41) is 10.9. The van der Waals surface area contributed by atoms with Gasteiger partial charge >= 0.3 is 0 Å². The number of nitriles is 1. The van der Waals surface area contributed by atoms with Gasteiger partial charge in [0.15, 0.2) is 0 Å². The topological polar surface area (TPSA) is 59.4 Å². The van der Waals surface area contributed by atoms with Crippen LogP contribution in [0.5, 0.6) is 0 Å². The van der Waals surface area contributed by atoms with Crippen LogP contribution in [-0.4, -0.2) is 43.5 Å². The fraction of sp³-hybridized carbons (Fsp3) is 0.467. The van der Waals surface area contributed by atoms with Crippen molar-refractivity contribution in [3.63, 3.8) is 0 Å². The van der Waals surface area contributed by atoms with E-state index in [0.29, 0.717) is 11.4 Å². The Morgan fingerprint density at radius 2 is 2.10 bits per heavy atom. The van der Waals surface area contributed by atoms with Crippen molar-refractivity contribution in [2.45, 2.75) is 13.3 Å². The average molecular weight is 290 g/mol. The highest BCUT2D eigenvalue weighted by molar-refractivity contribution is 5.92. The van der Waals surface area contributed by atoms with Gasteiger partial charge in [0.1, 0.15) is 12.2 Å². The molecule has 6 heteroatoms. The average Bonchev–Trinajstić information content (AvgIpc) is 2.48. The van der Waals surface area contributed by atoms with Crippen molar-refractivity contribution in [3.05, 3.63) is 24.0 Å². The number of hydrogen-bond donors (Lipinski definition) is 1. The Labute approximate surface area is 123 Å². The first kappa shape index (κ1) is 15.3. The van der Waals surface area contributed by atoms with E-state index >= 15 is 0 Å². The number of likely N-dealkylation sites (N-methyl/N-ethyl adjacent to an activating group) is 1. The molecule has 112 valence electrons. The highest BCUT2D eigenvalue weighted by Crippen LogP contribution is 2.24. The number of carbonyl (C=O) groups excluding carboxylic acids is 1. The molecule has 0 spiro atoms. The van der Waals surface area contributed by atoms with E-state index in [2.05, 4.69) is 17.1 Å². The van der Waals surface area contributed by atoms with Crippen LogP contribution in [-0.2, 0) is 4.79 Å². The van der Waals surface area contributed by atoms with Crippen molar-refractivity contribution in [1.29, 1.82) is 5.26 Å². The number of hydrogen-bond acceptors (Lipinski definition) is 4. The summed E-state index contributed by atoms with van der Waals surface area (Å²) < 4.78 is 14.2. The van der Waals surface area contributed by atoms with Crippen LogP contribution in [0.15, 0.2) is 18.2 Å². The molecular formula is C15H19FN4O. The molecular weight excluding hydrogens is 271 g/mol. The maximum Gasteiger partial charge on any atom is 0.238 e. The number of piperazine rings is 1. The predicted molar refractivity (Wildman–Crippen MR) is 79.6 cm³/mol. The molecule has 1 aliphatic heterocycles. The van der Waals surface area contributed by atoms with E-state index in [1.807, 2.05) is 4.90 Å². The monoisotopic (exact) mass is 290 g/mol. The number of carbonyl (C=O) groups is 1. The van der Waals surface area contributed by atoms with Gasteiger partial charge in [-0.2, -0.15) is 5.26 Å². The smallest absolute Gasteiger partial charge is 0.238 e. The molecule has 0 aliphatic carbocycles. The predicted octanol–water partition coefficient (Wildman–Crippen LogP) is 1.82. The van der Waals surface area contributed by atoms with Gasteiger partial charge in [0.2, 0.25) is 5.91 Å². The van der Waals surface area contributed by atoms with Gasteiger partial charge in [-0.1, -0.05) is 6.92 Å². The maximum atomic E-state index is 14.2. The Bertz CT molecular complexity index is 547. The van der Waals surface area contributed by atoms with Crippen molar-refractivity contribution in [1.82, 2.24) is 4.90 Å². The highest BCUT2D eigenvalue weighted by Gasteiger charge is 2.18. The number of halogens is 1. The number of benzene rings is 1. The number of rotatable bonds is 4. The second kappa shape index (κ2) is 7.04. The summed E-state index contributed by atoms with van der Waals surface area (Å²) in [5.41, 5.74) is 0.938. The Kier molecular flexibility index (Phi) is 5.12. The van der Waals surface area contributed by atoms with Crippen LogP contribution in [0.2, 0.25) is 0 Å². The molecule has 1 saturated heterocycles. The second-order valence-corrected chi connectivity index (χ2v) is 4.97. The van der Waals surface area contributed by atoms with E-state index in [1.165, 1.54) is 6.07 Å². The van der Waals surface area contributed by atoms with Gasteiger partial charge in [-0.15, -0.1) is 0 Å². The van der Waals surface area contributed by atoms with Gasteiger partial charge in [0, 0.05) is 31.9 Å². The molecule has 1 N–H and O–H groups in total. The first-order valence-corrected chi connectivity index (χ1v) is 7.07. The third-order valence-corrected chi connectivity index (χ3v) is 3.63. The summed E-state index contributed by atoms with van der Waals surface area (Å²) in [5.74, 6) is -0.782. The summed E-state index contributed by atoms with van der Waals surface area (Å²) in [6.07, 6.45) is -0.234. The number of amides is 1. The molecule has 1 aliphatic rings. The molecule has 5 nitrogen and oxygen atoms in total. The van der Waals surface area contributed by atoms with Crippen molar-refractivity contribution in [3.8, 4) is 6.07 Å². The lowest BCUT2D eigenvalue weighted by Gasteiger charge is -2.35. The van der Waals surface area contributed by atoms with Gasteiger partial charge in [-0.05, 0) is 24.7 Å². The van der Waals surface area contributed by atoms with Gasteiger partial charge in [-0.25, -0.2) is 4.39 Å². The molecule has 1 amide bonds. The molecule has 21 heavy (non-hydrogen) atoms. The lowest BCUT2D eigenvalue weighted by atomic mass is 10.2. The van der Waals surface area contributed by atoms with Gasteiger partial charge < -0.3 is 15.1 Å². The van der Waals surface area contributed by atoms with Crippen molar-refractivity contribution >= 4 is 17.3 Å². The second-order valence-electron chi connectivity index (χ2n) is 4.97. The molecule has 1 heterocycles. The van der Waals surface area contributed by atoms with E-state index in [-0.39, 0.29) is 12.2 Å². The maximum absolute atomic E-state index is 14.2. The summed E-state index contributed by atoms with van der Waals surface area (Å²) in [7, 11) is 0. The quantitative estimate of drug-likeness (QED) is 0.919. The normalized spacial score (nSPS) is 15.6. The van der Waals surface area contributed by atoms with E-state index < -0.39 is 5.91 Å². The molecule has 1 fully saturated rings. The summed E-state index contributed by atoms with van der Waals surface area (Å²) in [6, 6.07) is 6.40. The number of nitrogens with zero attached hydrogens (tertiary/aromatic N) is 3. The summed E-state index contributed by atoms with van der Waals surface area (Å²) in [6.45, 7) is 6.58.